The van der Waals surface area contributed by atoms with Gasteiger partial charge in [0.15, 0.2) is 6.04 Å². The topological polar surface area (TPSA) is 92.9 Å². The minimum absolute atomic E-state index is 0.323. The molecular weight excluding hydrogens is 451 g/mol. The molecule has 0 bridgehead atoms. The molecule has 2 aromatic rings. The van der Waals surface area contributed by atoms with Gasteiger partial charge >= 0.3 is 5.97 Å². The van der Waals surface area contributed by atoms with E-state index in [1.54, 1.807) is 30.4 Å². The van der Waals surface area contributed by atoms with Crippen molar-refractivity contribution in [3.05, 3.63) is 77.1 Å². The number of alkyl halides is 1. The number of rotatable bonds is 11. The molecule has 7 nitrogen and oxygen atoms in total. The number of carboxylic acids is 1. The minimum Gasteiger partial charge on any atom is -0.493 e. The van der Waals surface area contributed by atoms with Crippen LogP contribution in [0.2, 0.25) is 0 Å². The number of carboxylic acid groups (broad SMARTS) is 1. The molecule has 0 radical (unpaired) electrons. The van der Waals surface area contributed by atoms with E-state index in [0.717, 1.165) is 11.3 Å². The van der Waals surface area contributed by atoms with Crippen molar-refractivity contribution in [1.82, 2.24) is 9.88 Å². The molecule has 8 heteroatoms. The van der Waals surface area contributed by atoms with Crippen LogP contribution in [0.1, 0.15) is 54.3 Å². The van der Waals surface area contributed by atoms with Crippen LogP contribution in [0.15, 0.2) is 53.0 Å². The van der Waals surface area contributed by atoms with Gasteiger partial charge in [0.1, 0.15) is 11.5 Å². The van der Waals surface area contributed by atoms with Gasteiger partial charge in [0, 0.05) is 19.0 Å². The lowest BCUT2D eigenvalue weighted by molar-refractivity contribution is -0.149. The first-order valence-corrected chi connectivity index (χ1v) is 11.7. The Hall–Kier alpha value is -3.68. The highest BCUT2D eigenvalue weighted by Crippen LogP contribution is 2.33. The number of amides is 1. The molecule has 1 unspecified atom stereocenters. The molecule has 1 aliphatic heterocycles. The van der Waals surface area contributed by atoms with Crippen LogP contribution >= 0.6 is 0 Å². The van der Waals surface area contributed by atoms with E-state index in [0.29, 0.717) is 61.8 Å². The third-order valence-corrected chi connectivity index (χ3v) is 5.69. The molecule has 1 atom stereocenters. The average Bonchev–Trinajstić information content (AvgIpc) is 3.20. The first-order valence-electron chi connectivity index (χ1n) is 11.7. The number of fused-ring (bicyclic) bond motifs is 1. The number of halogens is 1. The minimum atomic E-state index is -1.08. The van der Waals surface area contributed by atoms with Gasteiger partial charge in [-0.15, -0.1) is 0 Å². The number of aryl methyl sites for hydroxylation is 1. The lowest BCUT2D eigenvalue weighted by Crippen LogP contribution is -2.42. The Morgan fingerprint density at radius 2 is 2.17 bits per heavy atom. The smallest absolute Gasteiger partial charge is 0.331 e. The number of carbonyl (C=O) groups is 2. The van der Waals surface area contributed by atoms with Gasteiger partial charge in [-0.25, -0.2) is 9.78 Å². The van der Waals surface area contributed by atoms with Crippen LogP contribution in [0, 0.1) is 6.92 Å². The lowest BCUT2D eigenvalue weighted by Gasteiger charge is -2.34. The van der Waals surface area contributed by atoms with Gasteiger partial charge in [-0.2, -0.15) is 0 Å². The van der Waals surface area contributed by atoms with Gasteiger partial charge in [0.25, 0.3) is 0 Å². The second-order valence-electron chi connectivity index (χ2n) is 8.15. The van der Waals surface area contributed by atoms with Gasteiger partial charge in [-0.1, -0.05) is 30.4 Å². The Morgan fingerprint density at radius 1 is 1.34 bits per heavy atom. The number of nitrogens with zero attached hydrogens (tertiary/aromatic N) is 2. The van der Waals surface area contributed by atoms with Crippen LogP contribution in [-0.4, -0.2) is 46.7 Å². The third-order valence-electron chi connectivity index (χ3n) is 5.69. The summed E-state index contributed by atoms with van der Waals surface area (Å²) < 4.78 is 23.7. The summed E-state index contributed by atoms with van der Waals surface area (Å²) in [4.78, 5) is 30.5. The number of hydrogen-bond donors (Lipinski definition) is 1. The number of aliphatic carboxylic acids is 1. The van der Waals surface area contributed by atoms with E-state index in [1.165, 1.54) is 11.0 Å². The monoisotopic (exact) mass is 482 g/mol. The molecule has 0 saturated carbocycles. The number of unbranched alkanes of at least 4 members (excludes halogenated alkanes) is 1. The Bertz CT molecular complexity index is 1120. The van der Waals surface area contributed by atoms with Crippen molar-refractivity contribution >= 4 is 18.0 Å². The highest BCUT2D eigenvalue weighted by Gasteiger charge is 2.35. The summed E-state index contributed by atoms with van der Waals surface area (Å²) in [6, 6.07) is 4.31. The molecule has 1 aromatic carbocycles. The van der Waals surface area contributed by atoms with Gasteiger partial charge in [-0.3, -0.25) is 9.18 Å². The molecular formula is C27H31FN2O5. The quantitative estimate of drug-likeness (QED) is 0.275. The Labute approximate surface area is 204 Å². The molecule has 35 heavy (non-hydrogen) atoms. The summed E-state index contributed by atoms with van der Waals surface area (Å²) in [5, 5.41) is 9.90. The molecule has 1 amide bonds. The fourth-order valence-corrected chi connectivity index (χ4v) is 3.93. The number of aromatic nitrogens is 1. The van der Waals surface area contributed by atoms with E-state index in [-0.39, 0.29) is 12.6 Å². The van der Waals surface area contributed by atoms with Gasteiger partial charge in [0.05, 0.1) is 19.0 Å². The molecule has 186 valence electrons. The Morgan fingerprint density at radius 3 is 2.91 bits per heavy atom. The SMILES string of the molecule is CC=CC=CC(=O)N1CCc2ccc(OCCc3nc(/C=C/CCCF)oc3C)cc2C1C(=O)O. The molecule has 2 heterocycles. The van der Waals surface area contributed by atoms with Crippen LogP contribution in [0.3, 0.4) is 0 Å². The highest BCUT2D eigenvalue weighted by molar-refractivity contribution is 5.92. The van der Waals surface area contributed by atoms with Crippen LogP contribution in [0.5, 0.6) is 5.75 Å². The number of hydrogen-bond acceptors (Lipinski definition) is 5. The van der Waals surface area contributed by atoms with Gasteiger partial charge in [0.2, 0.25) is 11.8 Å². The van der Waals surface area contributed by atoms with E-state index in [4.69, 9.17) is 9.15 Å². The maximum absolute atomic E-state index is 12.6. The standard InChI is InChI=1S/C27H31FN2O5/c1-3-4-6-10-25(31)30-16-13-20-11-12-21(18-22(20)26(30)27(32)33)34-17-14-23-19(2)35-24(29-23)9-7-5-8-15-28/h3-4,6-7,9-12,18,26H,5,8,13-17H2,1-2H3,(H,32,33)/b4-3?,9-7+,10-6?. The molecule has 1 aromatic heterocycles. The van der Waals surface area contributed by atoms with Crippen LogP contribution < -0.4 is 4.74 Å². The fourth-order valence-electron chi connectivity index (χ4n) is 3.93. The van der Waals surface area contributed by atoms with Crippen molar-refractivity contribution in [1.29, 1.82) is 0 Å². The zero-order valence-electron chi connectivity index (χ0n) is 20.1. The van der Waals surface area contributed by atoms with Crippen LogP contribution in [-0.2, 0) is 22.4 Å². The number of ether oxygens (including phenoxy) is 1. The maximum Gasteiger partial charge on any atom is 0.331 e. The van der Waals surface area contributed by atoms with Crippen LogP contribution in [0.25, 0.3) is 6.08 Å². The highest BCUT2D eigenvalue weighted by atomic mass is 19.1. The molecule has 1 aliphatic rings. The molecule has 1 N–H and O–H groups in total. The molecule has 3 rings (SSSR count). The van der Waals surface area contributed by atoms with E-state index in [2.05, 4.69) is 4.98 Å². The van der Waals surface area contributed by atoms with E-state index >= 15 is 0 Å². The lowest BCUT2D eigenvalue weighted by atomic mass is 9.92. The summed E-state index contributed by atoms with van der Waals surface area (Å²) in [6.07, 6.45) is 12.3. The van der Waals surface area contributed by atoms with E-state index in [9.17, 15) is 19.1 Å². The second-order valence-corrected chi connectivity index (χ2v) is 8.15. The molecule has 0 saturated heterocycles. The van der Waals surface area contributed by atoms with Crippen molar-refractivity contribution in [2.75, 3.05) is 19.8 Å². The van der Waals surface area contributed by atoms with Gasteiger partial charge in [-0.05, 0) is 62.4 Å². The Balaban J connectivity index is 1.67. The van der Waals surface area contributed by atoms with Crippen molar-refractivity contribution in [3.63, 3.8) is 0 Å². The largest absolute Gasteiger partial charge is 0.493 e. The normalized spacial score (nSPS) is 15.9. The van der Waals surface area contributed by atoms with Crippen molar-refractivity contribution in [2.45, 2.75) is 45.6 Å². The number of benzene rings is 1. The number of carbonyl (C=O) groups excluding carboxylic acids is 1. The average molecular weight is 483 g/mol. The summed E-state index contributed by atoms with van der Waals surface area (Å²) in [7, 11) is 0. The van der Waals surface area contributed by atoms with Crippen LogP contribution in [0.4, 0.5) is 4.39 Å². The zero-order valence-corrected chi connectivity index (χ0v) is 20.1. The second kappa shape index (κ2) is 12.7. The first-order chi connectivity index (χ1) is 16.9. The Kier molecular flexibility index (Phi) is 9.40. The summed E-state index contributed by atoms with van der Waals surface area (Å²) in [5.41, 5.74) is 2.22. The van der Waals surface area contributed by atoms with Crippen molar-refractivity contribution < 1.29 is 28.2 Å². The molecule has 0 fully saturated rings. The van der Waals surface area contributed by atoms with E-state index in [1.807, 2.05) is 32.1 Å². The molecule has 0 spiro atoms. The zero-order chi connectivity index (χ0) is 25.2. The fraction of sp³-hybridized carbons (Fsp3) is 0.370. The van der Waals surface area contributed by atoms with Crippen molar-refractivity contribution in [2.24, 2.45) is 0 Å². The summed E-state index contributed by atoms with van der Waals surface area (Å²) in [6.45, 7) is 3.97. The predicted octanol–water partition coefficient (Wildman–Crippen LogP) is 5.01. The third kappa shape index (κ3) is 6.91. The van der Waals surface area contributed by atoms with Gasteiger partial charge < -0.3 is 19.2 Å². The first kappa shape index (κ1) is 25.9. The number of oxazole rings is 1. The molecule has 0 aliphatic carbocycles. The summed E-state index contributed by atoms with van der Waals surface area (Å²) in [5.74, 6) is 0.268. The maximum atomic E-state index is 12.6. The summed E-state index contributed by atoms with van der Waals surface area (Å²) >= 11 is 0. The predicted molar refractivity (Wildman–Crippen MR) is 131 cm³/mol. The number of allylic oxidation sites excluding steroid dienone is 4. The van der Waals surface area contributed by atoms with E-state index < -0.39 is 12.0 Å². The van der Waals surface area contributed by atoms with Crippen molar-refractivity contribution in [3.8, 4) is 5.75 Å².